The van der Waals surface area contributed by atoms with Crippen LogP contribution < -0.4 is 4.74 Å². The number of rotatable bonds is 4. The average Bonchev–Trinajstić information content (AvgIpc) is 2.23. The van der Waals surface area contributed by atoms with E-state index >= 15 is 0 Å². The van der Waals surface area contributed by atoms with Crippen molar-refractivity contribution in [3.63, 3.8) is 0 Å². The lowest BCUT2D eigenvalue weighted by Gasteiger charge is -2.31. The fourth-order valence-corrected chi connectivity index (χ4v) is 2.45. The van der Waals surface area contributed by atoms with Gasteiger partial charge < -0.3 is 9.47 Å². The number of benzene rings is 1. The minimum atomic E-state index is 0.431. The van der Waals surface area contributed by atoms with E-state index in [9.17, 15) is 0 Å². The maximum Gasteiger partial charge on any atom is 0.119 e. The Labute approximate surface area is 98.7 Å². The molecule has 2 rings (SSSR count). The van der Waals surface area contributed by atoms with Crippen LogP contribution in [0.5, 0.6) is 5.75 Å². The smallest absolute Gasteiger partial charge is 0.119 e. The molecule has 0 spiro atoms. The molecule has 0 bridgehead atoms. The van der Waals surface area contributed by atoms with Crippen LogP contribution in [0.1, 0.15) is 18.4 Å². The maximum atomic E-state index is 5.75. The van der Waals surface area contributed by atoms with Gasteiger partial charge in [0, 0.05) is 4.83 Å². The summed E-state index contributed by atoms with van der Waals surface area (Å²) in [6, 6.07) is 8.02. The van der Waals surface area contributed by atoms with E-state index in [0.29, 0.717) is 17.5 Å². The highest BCUT2D eigenvalue weighted by atomic mass is 79.9. The summed E-state index contributed by atoms with van der Waals surface area (Å²) >= 11 is 3.55. The molecular weight excluding hydrogens is 256 g/mol. The van der Waals surface area contributed by atoms with E-state index in [1.165, 1.54) is 5.56 Å². The summed E-state index contributed by atoms with van der Waals surface area (Å²) < 4.78 is 10.9. The van der Waals surface area contributed by atoms with Crippen LogP contribution in [0.25, 0.3) is 0 Å². The number of alkyl halides is 1. The van der Waals surface area contributed by atoms with Gasteiger partial charge in [0.05, 0.1) is 19.8 Å². The van der Waals surface area contributed by atoms with Crippen molar-refractivity contribution >= 4 is 15.9 Å². The Hall–Kier alpha value is -0.540. The monoisotopic (exact) mass is 270 g/mol. The van der Waals surface area contributed by atoms with Crippen molar-refractivity contribution in [1.29, 1.82) is 0 Å². The normalized spacial score (nSPS) is 24.7. The van der Waals surface area contributed by atoms with Crippen LogP contribution in [0.4, 0.5) is 0 Å². The lowest BCUT2D eigenvalue weighted by molar-refractivity contribution is -0.00397. The van der Waals surface area contributed by atoms with E-state index in [1.807, 2.05) is 18.2 Å². The Morgan fingerprint density at radius 2 is 2.20 bits per heavy atom. The van der Waals surface area contributed by atoms with Gasteiger partial charge in [-0.15, -0.1) is 0 Å². The van der Waals surface area contributed by atoms with Gasteiger partial charge in [-0.1, -0.05) is 28.1 Å². The van der Waals surface area contributed by atoms with Crippen LogP contribution in [0, 0.1) is 0 Å². The summed E-state index contributed by atoms with van der Waals surface area (Å²) in [5.41, 5.74) is 1.17. The van der Waals surface area contributed by atoms with E-state index in [-0.39, 0.29) is 0 Å². The Morgan fingerprint density at radius 3 is 2.87 bits per heavy atom. The van der Waals surface area contributed by atoms with Gasteiger partial charge >= 0.3 is 0 Å². The van der Waals surface area contributed by atoms with Crippen molar-refractivity contribution in [2.75, 3.05) is 7.11 Å². The van der Waals surface area contributed by atoms with Crippen LogP contribution in [0.2, 0.25) is 0 Å². The Kier molecular flexibility index (Phi) is 3.65. The summed E-state index contributed by atoms with van der Waals surface area (Å²) in [6.07, 6.45) is 2.69. The zero-order valence-electron chi connectivity index (χ0n) is 8.78. The van der Waals surface area contributed by atoms with E-state index < -0.39 is 0 Å². The van der Waals surface area contributed by atoms with Gasteiger partial charge in [0.2, 0.25) is 0 Å². The second-order valence-corrected chi connectivity index (χ2v) is 5.15. The van der Waals surface area contributed by atoms with Crippen LogP contribution in [0.3, 0.4) is 0 Å². The first-order chi connectivity index (χ1) is 7.28. The molecule has 0 N–H and O–H groups in total. The molecule has 0 aliphatic heterocycles. The number of hydrogen-bond acceptors (Lipinski definition) is 2. The Morgan fingerprint density at radius 1 is 1.40 bits per heavy atom. The molecule has 0 amide bonds. The molecule has 0 saturated heterocycles. The molecule has 1 fully saturated rings. The van der Waals surface area contributed by atoms with Crippen molar-refractivity contribution < 1.29 is 9.47 Å². The minimum absolute atomic E-state index is 0.431. The lowest BCUT2D eigenvalue weighted by Crippen LogP contribution is -2.31. The second kappa shape index (κ2) is 4.99. The van der Waals surface area contributed by atoms with Crippen LogP contribution >= 0.6 is 15.9 Å². The molecule has 0 heterocycles. The average molecular weight is 271 g/mol. The third kappa shape index (κ3) is 2.95. The van der Waals surface area contributed by atoms with Gasteiger partial charge in [-0.05, 0) is 30.5 Å². The van der Waals surface area contributed by atoms with Crippen LogP contribution in [0.15, 0.2) is 24.3 Å². The number of methoxy groups -OCH3 is 1. The molecule has 0 unspecified atom stereocenters. The zero-order chi connectivity index (χ0) is 10.7. The molecule has 0 aromatic heterocycles. The van der Waals surface area contributed by atoms with Crippen molar-refractivity contribution in [3.8, 4) is 5.75 Å². The summed E-state index contributed by atoms with van der Waals surface area (Å²) in [7, 11) is 1.68. The molecule has 82 valence electrons. The third-order valence-electron chi connectivity index (χ3n) is 2.66. The highest BCUT2D eigenvalue weighted by Gasteiger charge is 2.27. The van der Waals surface area contributed by atoms with Crippen LogP contribution in [-0.4, -0.2) is 18.0 Å². The molecule has 1 aliphatic rings. The topological polar surface area (TPSA) is 18.5 Å². The van der Waals surface area contributed by atoms with Gasteiger partial charge in [0.1, 0.15) is 5.75 Å². The predicted molar refractivity (Wildman–Crippen MR) is 63.5 cm³/mol. The molecule has 1 aromatic rings. The first-order valence-corrected chi connectivity index (χ1v) is 6.08. The molecular formula is C12H15BrO2. The Balaban J connectivity index is 1.82. The summed E-state index contributed by atoms with van der Waals surface area (Å²) in [4.78, 5) is 0.660. The Bertz CT molecular complexity index is 321. The van der Waals surface area contributed by atoms with E-state index in [2.05, 4.69) is 22.0 Å². The minimum Gasteiger partial charge on any atom is -0.497 e. The second-order valence-electron chi connectivity index (χ2n) is 3.85. The lowest BCUT2D eigenvalue weighted by atomic mass is 9.96. The zero-order valence-corrected chi connectivity index (χ0v) is 10.4. The first kappa shape index (κ1) is 11.0. The highest BCUT2D eigenvalue weighted by molar-refractivity contribution is 9.09. The highest BCUT2D eigenvalue weighted by Crippen LogP contribution is 2.30. The summed E-state index contributed by atoms with van der Waals surface area (Å²) in [6.45, 7) is 0.682. The van der Waals surface area contributed by atoms with Gasteiger partial charge in [-0.3, -0.25) is 0 Å². The van der Waals surface area contributed by atoms with Crippen molar-refractivity contribution in [3.05, 3.63) is 29.8 Å². The van der Waals surface area contributed by atoms with Crippen molar-refractivity contribution in [2.24, 2.45) is 0 Å². The molecule has 1 saturated carbocycles. The van der Waals surface area contributed by atoms with E-state index in [1.54, 1.807) is 7.11 Å². The first-order valence-electron chi connectivity index (χ1n) is 5.16. The summed E-state index contributed by atoms with van der Waals surface area (Å²) in [5.74, 6) is 0.892. The number of ether oxygens (including phenoxy) is 2. The quantitative estimate of drug-likeness (QED) is 0.783. The molecule has 1 aromatic carbocycles. The van der Waals surface area contributed by atoms with Crippen molar-refractivity contribution in [1.82, 2.24) is 0 Å². The fraction of sp³-hybridized carbons (Fsp3) is 0.500. The maximum absolute atomic E-state index is 5.75. The third-order valence-corrected chi connectivity index (χ3v) is 3.40. The van der Waals surface area contributed by atoms with Gasteiger partial charge in [0.25, 0.3) is 0 Å². The molecule has 1 aliphatic carbocycles. The van der Waals surface area contributed by atoms with Gasteiger partial charge in [-0.25, -0.2) is 0 Å². The SMILES string of the molecule is COc1cccc(COC2CC(Br)C2)c1. The molecule has 0 radical (unpaired) electrons. The van der Waals surface area contributed by atoms with Crippen molar-refractivity contribution in [2.45, 2.75) is 30.4 Å². The predicted octanol–water partition coefficient (Wildman–Crippen LogP) is 3.14. The van der Waals surface area contributed by atoms with E-state index in [4.69, 9.17) is 9.47 Å². The molecule has 0 atom stereocenters. The fourth-order valence-electron chi connectivity index (χ4n) is 1.61. The van der Waals surface area contributed by atoms with Gasteiger partial charge in [0.15, 0.2) is 0 Å². The number of hydrogen-bond donors (Lipinski definition) is 0. The standard InChI is InChI=1S/C12H15BrO2/c1-14-11-4-2-3-9(5-11)8-15-12-6-10(13)7-12/h2-5,10,12H,6-8H2,1H3. The number of halogens is 1. The summed E-state index contributed by atoms with van der Waals surface area (Å²) in [5, 5.41) is 0. The van der Waals surface area contributed by atoms with E-state index in [0.717, 1.165) is 18.6 Å². The molecule has 3 heteroatoms. The molecule has 2 nitrogen and oxygen atoms in total. The van der Waals surface area contributed by atoms with Crippen LogP contribution in [-0.2, 0) is 11.3 Å². The molecule has 15 heavy (non-hydrogen) atoms. The largest absolute Gasteiger partial charge is 0.497 e. The van der Waals surface area contributed by atoms with Gasteiger partial charge in [-0.2, -0.15) is 0 Å².